The Morgan fingerprint density at radius 2 is 1.10 bits per heavy atom. The molecule has 0 amide bonds. The summed E-state index contributed by atoms with van der Waals surface area (Å²) in [5.74, 6) is 0. The van der Waals surface area contributed by atoms with Crippen molar-refractivity contribution in [1.29, 1.82) is 0 Å². The summed E-state index contributed by atoms with van der Waals surface area (Å²) in [6.45, 7) is 4.04. The van der Waals surface area contributed by atoms with Crippen molar-refractivity contribution in [2.45, 2.75) is 26.1 Å². The fraction of sp³-hybridized carbons (Fsp3) is 0.222. The van der Waals surface area contributed by atoms with Crippen molar-refractivity contribution < 1.29 is 10.2 Å². The first-order chi connectivity index (χ1) is 9.56. The summed E-state index contributed by atoms with van der Waals surface area (Å²) >= 11 is 0. The van der Waals surface area contributed by atoms with E-state index in [4.69, 9.17) is 0 Å². The molecular formula is C18H16O2. The van der Waals surface area contributed by atoms with E-state index in [1.165, 1.54) is 0 Å². The zero-order valence-electron chi connectivity index (χ0n) is 11.5. The van der Waals surface area contributed by atoms with Crippen LogP contribution < -0.4 is 0 Å². The first-order valence-corrected chi connectivity index (χ1v) is 6.90. The normalized spacial score (nSPS) is 21.0. The second kappa shape index (κ2) is 3.81. The number of hydrogen-bond acceptors (Lipinski definition) is 2. The van der Waals surface area contributed by atoms with Crippen molar-refractivity contribution >= 4 is 21.5 Å². The lowest BCUT2D eigenvalue weighted by atomic mass is 9.81. The molecule has 20 heavy (non-hydrogen) atoms. The molecule has 1 aliphatic carbocycles. The number of benzene rings is 3. The predicted molar refractivity (Wildman–Crippen MR) is 80.8 cm³/mol. The standard InChI is InChI=1S/C18H16O2/c1-9-5-11-3-4-12-6-10(2)8-14-16(12)15(11)13(7-9)17(19)18(14)20/h3-8,17-20H,1-2H3. The van der Waals surface area contributed by atoms with Gasteiger partial charge >= 0.3 is 0 Å². The minimum atomic E-state index is -0.850. The maximum Gasteiger partial charge on any atom is 0.110 e. The lowest BCUT2D eigenvalue weighted by Crippen LogP contribution is -2.15. The Bertz CT molecular complexity index is 792. The molecule has 0 fully saturated rings. The highest BCUT2D eigenvalue weighted by molar-refractivity contribution is 6.12. The zero-order chi connectivity index (χ0) is 14.0. The van der Waals surface area contributed by atoms with Gasteiger partial charge in [0.25, 0.3) is 0 Å². The Hall–Kier alpha value is -1.90. The smallest absolute Gasteiger partial charge is 0.110 e. The van der Waals surface area contributed by atoms with Crippen molar-refractivity contribution in [3.8, 4) is 0 Å². The Labute approximate surface area is 117 Å². The number of aryl methyl sites for hydroxylation is 2. The lowest BCUT2D eigenvalue weighted by molar-refractivity contribution is 0.0178. The first kappa shape index (κ1) is 11.9. The maximum atomic E-state index is 10.5. The van der Waals surface area contributed by atoms with Crippen molar-refractivity contribution in [1.82, 2.24) is 0 Å². The van der Waals surface area contributed by atoms with Crippen LogP contribution in [0.1, 0.15) is 34.5 Å². The van der Waals surface area contributed by atoms with Gasteiger partial charge in [-0.15, -0.1) is 0 Å². The summed E-state index contributed by atoms with van der Waals surface area (Å²) < 4.78 is 0. The molecule has 0 saturated carbocycles. The quantitative estimate of drug-likeness (QED) is 0.608. The topological polar surface area (TPSA) is 40.5 Å². The fourth-order valence-corrected chi connectivity index (χ4v) is 3.51. The van der Waals surface area contributed by atoms with E-state index in [2.05, 4.69) is 24.3 Å². The Kier molecular flexibility index (Phi) is 2.27. The van der Waals surface area contributed by atoms with Gasteiger partial charge in [-0.2, -0.15) is 0 Å². The summed E-state index contributed by atoms with van der Waals surface area (Å²) in [5.41, 5.74) is 3.89. The minimum absolute atomic E-state index is 0.842. The fourth-order valence-electron chi connectivity index (χ4n) is 3.51. The van der Waals surface area contributed by atoms with Crippen LogP contribution in [0.25, 0.3) is 21.5 Å². The van der Waals surface area contributed by atoms with E-state index in [-0.39, 0.29) is 0 Å². The van der Waals surface area contributed by atoms with Crippen LogP contribution in [-0.4, -0.2) is 10.2 Å². The molecule has 3 aromatic rings. The van der Waals surface area contributed by atoms with Crippen LogP contribution in [0.5, 0.6) is 0 Å². The monoisotopic (exact) mass is 264 g/mol. The van der Waals surface area contributed by atoms with Gasteiger partial charge in [-0.05, 0) is 46.5 Å². The van der Waals surface area contributed by atoms with E-state index in [9.17, 15) is 10.2 Å². The molecule has 2 unspecified atom stereocenters. The highest BCUT2D eigenvalue weighted by Crippen LogP contribution is 2.45. The van der Waals surface area contributed by atoms with Crippen LogP contribution >= 0.6 is 0 Å². The summed E-state index contributed by atoms with van der Waals surface area (Å²) in [6, 6.07) is 12.4. The van der Waals surface area contributed by atoms with Crippen molar-refractivity contribution in [3.05, 3.63) is 58.7 Å². The Morgan fingerprint density at radius 1 is 0.700 bits per heavy atom. The molecule has 2 atom stereocenters. The largest absolute Gasteiger partial charge is 0.385 e. The summed E-state index contributed by atoms with van der Waals surface area (Å²) in [5, 5.41) is 25.3. The molecular weight excluding hydrogens is 248 g/mol. The molecule has 2 nitrogen and oxygen atoms in total. The Balaban J connectivity index is 2.33. The van der Waals surface area contributed by atoms with E-state index in [0.717, 1.165) is 43.8 Å². The third-order valence-electron chi connectivity index (χ3n) is 4.32. The highest BCUT2D eigenvalue weighted by atomic mass is 16.3. The predicted octanol–water partition coefficient (Wildman–Crippen LogP) is 3.69. The first-order valence-electron chi connectivity index (χ1n) is 6.90. The number of hydrogen-bond donors (Lipinski definition) is 2. The van der Waals surface area contributed by atoms with E-state index >= 15 is 0 Å². The molecule has 2 N–H and O–H groups in total. The van der Waals surface area contributed by atoms with Gasteiger partial charge in [-0.3, -0.25) is 0 Å². The van der Waals surface area contributed by atoms with Crippen LogP contribution in [0.3, 0.4) is 0 Å². The van der Waals surface area contributed by atoms with Gasteiger partial charge in [0.2, 0.25) is 0 Å². The molecule has 0 heterocycles. The summed E-state index contributed by atoms with van der Waals surface area (Å²) in [4.78, 5) is 0. The summed E-state index contributed by atoms with van der Waals surface area (Å²) in [6.07, 6.45) is -1.70. The van der Waals surface area contributed by atoms with Crippen LogP contribution in [0.15, 0.2) is 36.4 Å². The number of rotatable bonds is 0. The van der Waals surface area contributed by atoms with Crippen molar-refractivity contribution in [2.24, 2.45) is 0 Å². The van der Waals surface area contributed by atoms with Crippen LogP contribution in [0.4, 0.5) is 0 Å². The van der Waals surface area contributed by atoms with Gasteiger partial charge in [0.1, 0.15) is 12.2 Å². The van der Waals surface area contributed by atoms with Crippen molar-refractivity contribution in [2.75, 3.05) is 0 Å². The second-order valence-corrected chi connectivity index (χ2v) is 5.86. The molecule has 0 spiro atoms. The van der Waals surface area contributed by atoms with Crippen LogP contribution in [-0.2, 0) is 0 Å². The molecule has 0 aliphatic heterocycles. The van der Waals surface area contributed by atoms with E-state index in [1.807, 2.05) is 26.0 Å². The van der Waals surface area contributed by atoms with E-state index in [1.54, 1.807) is 0 Å². The van der Waals surface area contributed by atoms with Gasteiger partial charge in [0, 0.05) is 0 Å². The zero-order valence-corrected chi connectivity index (χ0v) is 11.5. The molecule has 1 aliphatic rings. The van der Waals surface area contributed by atoms with Gasteiger partial charge in [-0.1, -0.05) is 47.5 Å². The molecule has 2 heteroatoms. The molecule has 100 valence electrons. The molecule has 0 saturated heterocycles. The minimum Gasteiger partial charge on any atom is -0.385 e. The molecule has 0 bridgehead atoms. The number of aliphatic hydroxyl groups is 2. The average Bonchev–Trinajstić information content (AvgIpc) is 2.42. The second-order valence-electron chi connectivity index (χ2n) is 5.86. The van der Waals surface area contributed by atoms with Gasteiger partial charge in [0.15, 0.2) is 0 Å². The maximum absolute atomic E-state index is 10.5. The average molecular weight is 264 g/mol. The van der Waals surface area contributed by atoms with Crippen molar-refractivity contribution in [3.63, 3.8) is 0 Å². The lowest BCUT2D eigenvalue weighted by Gasteiger charge is -2.28. The number of aliphatic hydroxyl groups excluding tert-OH is 2. The van der Waals surface area contributed by atoms with Gasteiger partial charge < -0.3 is 10.2 Å². The summed E-state index contributed by atoms with van der Waals surface area (Å²) in [7, 11) is 0. The SMILES string of the molecule is Cc1cc2c3c(ccc4cc(C)cc(c43)C(O)C2O)c1. The molecule has 4 rings (SSSR count). The van der Waals surface area contributed by atoms with E-state index in [0.29, 0.717) is 0 Å². The van der Waals surface area contributed by atoms with Gasteiger partial charge in [0.05, 0.1) is 0 Å². The van der Waals surface area contributed by atoms with Gasteiger partial charge in [-0.25, -0.2) is 0 Å². The van der Waals surface area contributed by atoms with E-state index < -0.39 is 12.2 Å². The molecule has 0 radical (unpaired) electrons. The van der Waals surface area contributed by atoms with Crippen LogP contribution in [0, 0.1) is 13.8 Å². The third kappa shape index (κ3) is 1.41. The molecule has 0 aromatic heterocycles. The Morgan fingerprint density at radius 3 is 1.50 bits per heavy atom. The molecule has 3 aromatic carbocycles. The highest BCUT2D eigenvalue weighted by Gasteiger charge is 2.30. The van der Waals surface area contributed by atoms with Crippen LogP contribution in [0.2, 0.25) is 0 Å². The third-order valence-corrected chi connectivity index (χ3v) is 4.32.